The molecule has 0 saturated heterocycles. The van der Waals surface area contributed by atoms with Gasteiger partial charge in [0.25, 0.3) is 11.5 Å². The minimum Gasteiger partial charge on any atom is -0.349 e. The van der Waals surface area contributed by atoms with Crippen LogP contribution in [0.2, 0.25) is 0 Å². The molecule has 5 nitrogen and oxygen atoms in total. The van der Waals surface area contributed by atoms with Gasteiger partial charge in [0.05, 0.1) is 10.9 Å². The van der Waals surface area contributed by atoms with E-state index >= 15 is 0 Å². The number of carbonyl (C=O) groups excluding carboxylic acids is 1. The van der Waals surface area contributed by atoms with Gasteiger partial charge >= 0.3 is 0 Å². The van der Waals surface area contributed by atoms with Crippen LogP contribution in [0, 0.1) is 19.8 Å². The summed E-state index contributed by atoms with van der Waals surface area (Å²) in [7, 11) is 0. The van der Waals surface area contributed by atoms with Gasteiger partial charge in [-0.1, -0.05) is 62.2 Å². The first-order chi connectivity index (χ1) is 15.8. The Balaban J connectivity index is 1.68. The van der Waals surface area contributed by atoms with Crippen LogP contribution in [-0.4, -0.2) is 21.5 Å². The Hall–Kier alpha value is -2.60. The van der Waals surface area contributed by atoms with Gasteiger partial charge in [-0.05, 0) is 61.9 Å². The van der Waals surface area contributed by atoms with Gasteiger partial charge in [-0.15, -0.1) is 0 Å². The van der Waals surface area contributed by atoms with Crippen LogP contribution in [0.4, 0.5) is 0 Å². The Morgan fingerprint density at radius 1 is 1.15 bits per heavy atom. The zero-order valence-electron chi connectivity index (χ0n) is 20.0. The van der Waals surface area contributed by atoms with Gasteiger partial charge in [0, 0.05) is 23.9 Å². The van der Waals surface area contributed by atoms with Crippen LogP contribution in [0.25, 0.3) is 10.9 Å². The van der Waals surface area contributed by atoms with E-state index in [2.05, 4.69) is 51.2 Å². The quantitative estimate of drug-likeness (QED) is 0.364. The monoisotopic (exact) mass is 463 g/mol. The molecule has 1 fully saturated rings. The number of thioether (sulfide) groups is 1. The highest BCUT2D eigenvalue weighted by Gasteiger charge is 2.19. The first-order valence-electron chi connectivity index (χ1n) is 11.9. The van der Waals surface area contributed by atoms with Crippen LogP contribution >= 0.6 is 11.8 Å². The van der Waals surface area contributed by atoms with Crippen LogP contribution in [0.1, 0.15) is 66.6 Å². The van der Waals surface area contributed by atoms with Crippen molar-refractivity contribution in [3.8, 4) is 0 Å². The van der Waals surface area contributed by atoms with Gasteiger partial charge in [-0.3, -0.25) is 14.2 Å². The Kier molecular flexibility index (Phi) is 7.23. The molecular formula is C27H33N3O2S. The normalized spacial score (nSPS) is 14.3. The largest absolute Gasteiger partial charge is 0.349 e. The fraction of sp³-hybridized carbons (Fsp3) is 0.444. The van der Waals surface area contributed by atoms with E-state index < -0.39 is 0 Å². The minimum absolute atomic E-state index is 0.0417. The van der Waals surface area contributed by atoms with E-state index in [1.165, 1.54) is 29.5 Å². The summed E-state index contributed by atoms with van der Waals surface area (Å²) >= 11 is 1.59. The van der Waals surface area contributed by atoms with Crippen LogP contribution in [0.3, 0.4) is 0 Å². The van der Waals surface area contributed by atoms with Crippen LogP contribution in [-0.2, 0) is 12.3 Å². The number of carbonyl (C=O) groups is 1. The van der Waals surface area contributed by atoms with Crippen molar-refractivity contribution in [2.45, 2.75) is 76.9 Å². The number of benzene rings is 2. The molecule has 1 aliphatic rings. The van der Waals surface area contributed by atoms with E-state index in [9.17, 15) is 9.59 Å². The third kappa shape index (κ3) is 5.49. The van der Waals surface area contributed by atoms with Gasteiger partial charge < -0.3 is 5.32 Å². The smallest absolute Gasteiger partial charge is 0.262 e. The molecule has 1 aliphatic carbocycles. The number of amides is 1. The third-order valence-electron chi connectivity index (χ3n) is 6.28. The topological polar surface area (TPSA) is 64.0 Å². The zero-order chi connectivity index (χ0) is 23.5. The second-order valence-corrected chi connectivity index (χ2v) is 10.6. The molecule has 0 unspecified atom stereocenters. The lowest BCUT2D eigenvalue weighted by atomic mass is 10.1. The van der Waals surface area contributed by atoms with Crippen LogP contribution < -0.4 is 10.9 Å². The second kappa shape index (κ2) is 10.1. The molecule has 0 aliphatic heterocycles. The molecule has 0 bridgehead atoms. The highest BCUT2D eigenvalue weighted by atomic mass is 32.2. The van der Waals surface area contributed by atoms with Crippen molar-refractivity contribution in [1.29, 1.82) is 0 Å². The summed E-state index contributed by atoms with van der Waals surface area (Å²) in [5.74, 6) is 0.978. The lowest BCUT2D eigenvalue weighted by Gasteiger charge is -2.16. The lowest BCUT2D eigenvalue weighted by Crippen LogP contribution is -2.32. The summed E-state index contributed by atoms with van der Waals surface area (Å²) in [6, 6.07) is 12.0. The van der Waals surface area contributed by atoms with E-state index in [0.717, 1.165) is 18.6 Å². The van der Waals surface area contributed by atoms with E-state index in [4.69, 9.17) is 4.98 Å². The average Bonchev–Trinajstić information content (AvgIpc) is 3.29. The number of nitrogens with one attached hydrogen (secondary N) is 1. The molecule has 3 aromatic rings. The second-order valence-electron chi connectivity index (χ2n) is 9.61. The maximum Gasteiger partial charge on any atom is 0.262 e. The van der Waals surface area contributed by atoms with Gasteiger partial charge in [-0.25, -0.2) is 4.98 Å². The SMILES string of the molecule is Cc1ccc(C)c(CSc2nc3cc(C(=O)NC4CCCC4)ccc3c(=O)n2CC(C)C)c1. The van der Waals surface area contributed by atoms with Crippen molar-refractivity contribution in [1.82, 2.24) is 14.9 Å². The predicted octanol–water partition coefficient (Wildman–Crippen LogP) is 5.63. The van der Waals surface area contributed by atoms with Gasteiger partial charge in [-0.2, -0.15) is 0 Å². The van der Waals surface area contributed by atoms with Gasteiger partial charge in [0.1, 0.15) is 0 Å². The molecule has 1 N–H and O–H groups in total. The Morgan fingerprint density at radius 3 is 2.64 bits per heavy atom. The summed E-state index contributed by atoms with van der Waals surface area (Å²) in [6.07, 6.45) is 4.41. The minimum atomic E-state index is -0.0819. The van der Waals surface area contributed by atoms with Crippen molar-refractivity contribution in [3.63, 3.8) is 0 Å². The summed E-state index contributed by atoms with van der Waals surface area (Å²) < 4.78 is 1.79. The van der Waals surface area contributed by atoms with Crippen LogP contribution in [0.15, 0.2) is 46.3 Å². The van der Waals surface area contributed by atoms with Gasteiger partial charge in [0.15, 0.2) is 5.16 Å². The van der Waals surface area contributed by atoms with E-state index in [1.807, 2.05) is 0 Å². The molecule has 1 saturated carbocycles. The fourth-order valence-electron chi connectivity index (χ4n) is 4.42. The first-order valence-corrected chi connectivity index (χ1v) is 12.8. The number of rotatable bonds is 7. The first kappa shape index (κ1) is 23.6. The maximum atomic E-state index is 13.4. The molecule has 1 heterocycles. The Morgan fingerprint density at radius 2 is 1.91 bits per heavy atom. The molecule has 174 valence electrons. The summed E-state index contributed by atoms with van der Waals surface area (Å²) in [4.78, 5) is 31.0. The molecule has 1 amide bonds. The number of nitrogens with zero attached hydrogens (tertiary/aromatic N) is 2. The third-order valence-corrected chi connectivity index (χ3v) is 7.31. The number of hydrogen-bond acceptors (Lipinski definition) is 4. The Bertz CT molecular complexity index is 1230. The highest BCUT2D eigenvalue weighted by molar-refractivity contribution is 7.98. The summed E-state index contributed by atoms with van der Waals surface area (Å²) in [5, 5.41) is 4.39. The summed E-state index contributed by atoms with van der Waals surface area (Å²) in [6.45, 7) is 9.02. The van der Waals surface area contributed by atoms with Crippen molar-refractivity contribution in [2.24, 2.45) is 5.92 Å². The Labute approximate surface area is 200 Å². The molecule has 33 heavy (non-hydrogen) atoms. The highest BCUT2D eigenvalue weighted by Crippen LogP contribution is 2.26. The average molecular weight is 464 g/mol. The molecular weight excluding hydrogens is 430 g/mol. The van der Waals surface area contributed by atoms with E-state index in [0.29, 0.717) is 34.1 Å². The van der Waals surface area contributed by atoms with Crippen molar-refractivity contribution in [3.05, 3.63) is 69.0 Å². The predicted molar refractivity (Wildman–Crippen MR) is 136 cm³/mol. The molecule has 1 aromatic heterocycles. The molecule has 0 atom stereocenters. The number of aromatic nitrogens is 2. The molecule has 0 spiro atoms. The number of hydrogen-bond donors (Lipinski definition) is 1. The standard InChI is InChI=1S/C27H33N3O2S/c1-17(2)15-30-26(32)23-12-11-20(25(31)28-22-7-5-6-8-22)14-24(23)29-27(30)33-16-21-13-18(3)9-10-19(21)4/h9-14,17,22H,5-8,15-16H2,1-4H3,(H,28,31). The molecule has 2 aromatic carbocycles. The molecule has 0 radical (unpaired) electrons. The number of aryl methyl sites for hydroxylation is 2. The number of fused-ring (bicyclic) bond motifs is 1. The molecule has 4 rings (SSSR count). The van der Waals surface area contributed by atoms with Crippen molar-refractivity contribution >= 4 is 28.6 Å². The van der Waals surface area contributed by atoms with Crippen molar-refractivity contribution < 1.29 is 4.79 Å². The summed E-state index contributed by atoms with van der Waals surface area (Å²) in [5.41, 5.74) is 4.81. The van der Waals surface area contributed by atoms with Crippen molar-refractivity contribution in [2.75, 3.05) is 0 Å². The van der Waals surface area contributed by atoms with Gasteiger partial charge in [0.2, 0.25) is 0 Å². The molecule has 6 heteroatoms. The lowest BCUT2D eigenvalue weighted by molar-refractivity contribution is 0.0938. The van der Waals surface area contributed by atoms with Crippen LogP contribution in [0.5, 0.6) is 0 Å². The van der Waals surface area contributed by atoms with E-state index in [-0.39, 0.29) is 17.5 Å². The van der Waals surface area contributed by atoms with E-state index in [1.54, 1.807) is 34.5 Å². The fourth-order valence-corrected chi connectivity index (χ4v) is 5.49. The zero-order valence-corrected chi connectivity index (χ0v) is 20.8. The maximum absolute atomic E-state index is 13.4.